The van der Waals surface area contributed by atoms with Crippen LogP contribution in [0.5, 0.6) is 0 Å². The van der Waals surface area contributed by atoms with Gasteiger partial charge in [0, 0.05) is 29.9 Å². The first-order valence-corrected chi connectivity index (χ1v) is 7.31. The Balaban J connectivity index is 1.99. The summed E-state index contributed by atoms with van der Waals surface area (Å²) in [6.45, 7) is 0.920. The zero-order valence-electron chi connectivity index (χ0n) is 11.5. The third-order valence-corrected chi connectivity index (χ3v) is 3.32. The molecule has 1 aromatic heterocycles. The molecule has 0 unspecified atom stereocenters. The van der Waals surface area contributed by atoms with Crippen LogP contribution < -0.4 is 10.6 Å². The molecule has 0 aliphatic carbocycles. The number of anilines is 1. The zero-order valence-corrected chi connectivity index (χ0v) is 13.0. The lowest BCUT2D eigenvalue weighted by Gasteiger charge is -2.08. The van der Waals surface area contributed by atoms with Gasteiger partial charge in [0.05, 0.1) is 10.7 Å². The second-order valence-electron chi connectivity index (χ2n) is 4.40. The second kappa shape index (κ2) is 7.82. The quantitative estimate of drug-likeness (QED) is 0.700. The zero-order chi connectivity index (χ0) is 15.9. The van der Waals surface area contributed by atoms with Crippen molar-refractivity contribution < 1.29 is 9.90 Å². The summed E-state index contributed by atoms with van der Waals surface area (Å²) in [7, 11) is 0. The molecule has 0 saturated carbocycles. The van der Waals surface area contributed by atoms with Crippen molar-refractivity contribution in [1.29, 1.82) is 0 Å². The number of amides is 1. The molecule has 0 atom stereocenters. The van der Waals surface area contributed by atoms with Crippen molar-refractivity contribution in [2.24, 2.45) is 0 Å². The minimum absolute atomic E-state index is 0.366. The topological polar surface area (TPSA) is 87.1 Å². The molecule has 0 saturated heterocycles. The lowest BCUT2D eigenvalue weighted by Crippen LogP contribution is -2.23. The Hall–Kier alpha value is -2.05. The Morgan fingerprint density at radius 1 is 1.23 bits per heavy atom. The molecular weight excluding hydrogens is 327 g/mol. The Morgan fingerprint density at radius 3 is 2.77 bits per heavy atom. The fraction of sp³-hybridized carbons (Fsp3) is 0.214. The molecule has 0 aliphatic rings. The van der Waals surface area contributed by atoms with E-state index in [4.69, 9.17) is 28.3 Å². The predicted octanol–water partition coefficient (Wildman–Crippen LogP) is 3.52. The average molecular weight is 341 g/mol. The number of carboxylic acid groups (broad SMARTS) is 1. The molecule has 1 aromatic carbocycles. The number of rotatable bonds is 6. The largest absolute Gasteiger partial charge is 0.465 e. The van der Waals surface area contributed by atoms with Crippen LogP contribution >= 0.6 is 23.2 Å². The van der Waals surface area contributed by atoms with E-state index in [1.807, 2.05) is 0 Å². The molecule has 1 heterocycles. The number of carbonyl (C=O) groups is 1. The maximum Gasteiger partial charge on any atom is 0.404 e. The first kappa shape index (κ1) is 16.3. The minimum atomic E-state index is -1.03. The standard InChI is InChI=1S/C14H14Cl2N4O2/c15-9-2-3-10(11(16)8-9)12-4-7-18-13(20-12)17-5-1-6-19-14(21)22/h2-4,7-8,19H,1,5-6H2,(H,21,22)(H,17,18,20). The van der Waals surface area contributed by atoms with Gasteiger partial charge in [-0.3, -0.25) is 0 Å². The summed E-state index contributed by atoms with van der Waals surface area (Å²) in [4.78, 5) is 18.8. The van der Waals surface area contributed by atoms with Gasteiger partial charge in [-0.25, -0.2) is 14.8 Å². The van der Waals surface area contributed by atoms with E-state index in [0.29, 0.717) is 41.2 Å². The number of nitrogens with zero attached hydrogens (tertiary/aromatic N) is 2. The van der Waals surface area contributed by atoms with Crippen LogP contribution in [0.1, 0.15) is 6.42 Å². The summed E-state index contributed by atoms with van der Waals surface area (Å²) in [6, 6.07) is 6.96. The van der Waals surface area contributed by atoms with E-state index in [1.54, 1.807) is 30.5 Å². The van der Waals surface area contributed by atoms with E-state index >= 15 is 0 Å². The van der Waals surface area contributed by atoms with Crippen molar-refractivity contribution in [3.63, 3.8) is 0 Å². The van der Waals surface area contributed by atoms with Crippen LogP contribution in [0, 0.1) is 0 Å². The van der Waals surface area contributed by atoms with Gasteiger partial charge in [-0.1, -0.05) is 23.2 Å². The highest BCUT2D eigenvalue weighted by Gasteiger charge is 2.07. The SMILES string of the molecule is O=C(O)NCCCNc1nccc(-c2ccc(Cl)cc2Cl)n1. The number of aromatic nitrogens is 2. The van der Waals surface area contributed by atoms with Gasteiger partial charge in [-0.2, -0.15) is 0 Å². The number of nitrogens with one attached hydrogen (secondary N) is 2. The molecule has 116 valence electrons. The first-order chi connectivity index (χ1) is 10.6. The molecule has 0 bridgehead atoms. The molecule has 2 rings (SSSR count). The van der Waals surface area contributed by atoms with E-state index < -0.39 is 6.09 Å². The van der Waals surface area contributed by atoms with Gasteiger partial charge in [0.2, 0.25) is 5.95 Å². The first-order valence-electron chi connectivity index (χ1n) is 6.55. The molecule has 22 heavy (non-hydrogen) atoms. The fourth-order valence-electron chi connectivity index (χ4n) is 1.77. The Bertz CT molecular complexity index is 667. The molecule has 0 fully saturated rings. The van der Waals surface area contributed by atoms with Crippen LogP contribution in [0.4, 0.5) is 10.7 Å². The van der Waals surface area contributed by atoms with Crippen molar-refractivity contribution in [3.05, 3.63) is 40.5 Å². The monoisotopic (exact) mass is 340 g/mol. The highest BCUT2D eigenvalue weighted by atomic mass is 35.5. The molecule has 8 heteroatoms. The van der Waals surface area contributed by atoms with E-state index in [2.05, 4.69) is 20.6 Å². The lowest BCUT2D eigenvalue weighted by molar-refractivity contribution is 0.194. The van der Waals surface area contributed by atoms with Crippen molar-refractivity contribution in [1.82, 2.24) is 15.3 Å². The Morgan fingerprint density at radius 2 is 2.05 bits per heavy atom. The van der Waals surface area contributed by atoms with Gasteiger partial charge < -0.3 is 15.7 Å². The van der Waals surface area contributed by atoms with Crippen LogP contribution in [0.3, 0.4) is 0 Å². The van der Waals surface area contributed by atoms with E-state index in [-0.39, 0.29) is 0 Å². The highest BCUT2D eigenvalue weighted by Crippen LogP contribution is 2.29. The molecule has 0 spiro atoms. The normalized spacial score (nSPS) is 10.3. The van der Waals surface area contributed by atoms with Gasteiger partial charge in [0.15, 0.2) is 0 Å². The minimum Gasteiger partial charge on any atom is -0.465 e. The summed E-state index contributed by atoms with van der Waals surface area (Å²) < 4.78 is 0. The third kappa shape index (κ3) is 4.75. The van der Waals surface area contributed by atoms with Gasteiger partial charge in [-0.05, 0) is 30.7 Å². The maximum absolute atomic E-state index is 10.3. The van der Waals surface area contributed by atoms with Crippen LogP contribution in [0.25, 0.3) is 11.3 Å². The van der Waals surface area contributed by atoms with Gasteiger partial charge >= 0.3 is 6.09 Å². The number of halogens is 2. The van der Waals surface area contributed by atoms with Gasteiger partial charge in [0.1, 0.15) is 0 Å². The van der Waals surface area contributed by atoms with E-state index in [9.17, 15) is 4.79 Å². The number of hydrogen-bond acceptors (Lipinski definition) is 4. The van der Waals surface area contributed by atoms with Crippen molar-refractivity contribution in [2.75, 3.05) is 18.4 Å². The number of hydrogen-bond donors (Lipinski definition) is 3. The van der Waals surface area contributed by atoms with Crippen LogP contribution in [-0.2, 0) is 0 Å². The Kier molecular flexibility index (Phi) is 5.80. The molecular formula is C14H14Cl2N4O2. The summed E-state index contributed by atoms with van der Waals surface area (Å²) in [5.41, 5.74) is 1.45. The maximum atomic E-state index is 10.3. The van der Waals surface area contributed by atoms with Crippen molar-refractivity contribution in [2.45, 2.75) is 6.42 Å². The molecule has 2 aromatic rings. The summed E-state index contributed by atoms with van der Waals surface area (Å²) in [6.07, 6.45) is 1.22. The smallest absolute Gasteiger partial charge is 0.404 e. The van der Waals surface area contributed by atoms with Crippen LogP contribution in [-0.4, -0.2) is 34.3 Å². The third-order valence-electron chi connectivity index (χ3n) is 2.78. The summed E-state index contributed by atoms with van der Waals surface area (Å²) in [5, 5.41) is 14.9. The summed E-state index contributed by atoms with van der Waals surface area (Å²) in [5.74, 6) is 0.457. The molecule has 0 aliphatic heterocycles. The lowest BCUT2D eigenvalue weighted by atomic mass is 10.1. The number of benzene rings is 1. The molecule has 0 radical (unpaired) electrons. The molecule has 6 nitrogen and oxygen atoms in total. The Labute approximate surface area is 137 Å². The van der Waals surface area contributed by atoms with E-state index in [0.717, 1.165) is 5.56 Å². The van der Waals surface area contributed by atoms with Crippen LogP contribution in [0.2, 0.25) is 10.0 Å². The highest BCUT2D eigenvalue weighted by molar-refractivity contribution is 6.36. The second-order valence-corrected chi connectivity index (χ2v) is 5.25. The predicted molar refractivity (Wildman–Crippen MR) is 86.6 cm³/mol. The fourth-order valence-corrected chi connectivity index (χ4v) is 2.28. The van der Waals surface area contributed by atoms with E-state index in [1.165, 1.54) is 0 Å². The van der Waals surface area contributed by atoms with Crippen molar-refractivity contribution in [3.8, 4) is 11.3 Å². The van der Waals surface area contributed by atoms with Gasteiger partial charge in [-0.15, -0.1) is 0 Å². The molecule has 3 N–H and O–H groups in total. The molecule has 1 amide bonds. The van der Waals surface area contributed by atoms with Crippen molar-refractivity contribution >= 4 is 35.2 Å². The van der Waals surface area contributed by atoms with Crippen LogP contribution in [0.15, 0.2) is 30.5 Å². The average Bonchev–Trinajstić information content (AvgIpc) is 2.47. The summed E-state index contributed by atoms with van der Waals surface area (Å²) >= 11 is 12.0. The van der Waals surface area contributed by atoms with Gasteiger partial charge in [0.25, 0.3) is 0 Å².